The third-order valence-electron chi connectivity index (χ3n) is 6.82. The smallest absolute Gasteiger partial charge is 0.123 e. The van der Waals surface area contributed by atoms with Crippen LogP contribution in [-0.4, -0.2) is 13.1 Å². The molecule has 1 aromatic rings. The molecule has 0 spiro atoms. The number of ether oxygens (including phenoxy) is 1. The van der Waals surface area contributed by atoms with Crippen molar-refractivity contribution in [3.05, 3.63) is 58.6 Å². The highest BCUT2D eigenvalue weighted by atomic mass is 16.5. The van der Waals surface area contributed by atoms with Gasteiger partial charge >= 0.3 is 0 Å². The second-order valence-electron chi connectivity index (χ2n) is 8.63. The molecule has 4 heteroatoms. The molecule has 1 aliphatic carbocycles. The molecule has 0 N–H and O–H groups in total. The summed E-state index contributed by atoms with van der Waals surface area (Å²) in [6.07, 6.45) is 13.0. The molecular weight excluding hydrogens is 358 g/mol. The first-order valence-corrected chi connectivity index (χ1v) is 10.6. The Morgan fingerprint density at radius 1 is 0.966 bits per heavy atom. The largest absolute Gasteiger partial charge is 0.463 e. The first-order chi connectivity index (χ1) is 14.2. The fraction of sp³-hybridized carbons (Fsp3) is 0.440. The highest BCUT2D eigenvalue weighted by molar-refractivity contribution is 5.68. The molecule has 0 bridgehead atoms. The van der Waals surface area contributed by atoms with Crippen LogP contribution in [0.25, 0.3) is 6.08 Å². The summed E-state index contributed by atoms with van der Waals surface area (Å²) in [6, 6.07) is 9.26. The summed E-state index contributed by atoms with van der Waals surface area (Å²) >= 11 is 0. The van der Waals surface area contributed by atoms with Gasteiger partial charge in [-0.05, 0) is 79.7 Å². The van der Waals surface area contributed by atoms with Gasteiger partial charge in [-0.1, -0.05) is 6.08 Å². The minimum atomic E-state index is -0.252. The van der Waals surface area contributed by atoms with E-state index in [1.54, 1.807) is 0 Å². The van der Waals surface area contributed by atoms with Crippen LogP contribution < -0.4 is 4.90 Å². The van der Waals surface area contributed by atoms with Gasteiger partial charge in [0.15, 0.2) is 0 Å². The van der Waals surface area contributed by atoms with Crippen molar-refractivity contribution in [1.29, 1.82) is 10.5 Å². The van der Waals surface area contributed by atoms with E-state index in [4.69, 9.17) is 4.74 Å². The molecule has 1 saturated carbocycles. The van der Waals surface area contributed by atoms with Gasteiger partial charge in [0.05, 0.1) is 29.7 Å². The van der Waals surface area contributed by atoms with Crippen molar-refractivity contribution in [1.82, 2.24) is 0 Å². The lowest BCUT2D eigenvalue weighted by molar-refractivity contribution is 0.137. The Bertz CT molecular complexity index is 988. The van der Waals surface area contributed by atoms with Gasteiger partial charge in [-0.15, -0.1) is 0 Å². The van der Waals surface area contributed by atoms with Crippen molar-refractivity contribution in [2.24, 2.45) is 23.7 Å². The minimum Gasteiger partial charge on any atom is -0.463 e. The number of allylic oxidation sites excluding steroid dienone is 4. The number of nitriles is 2. The summed E-state index contributed by atoms with van der Waals surface area (Å²) < 4.78 is 6.01. The molecule has 0 amide bonds. The Labute approximate surface area is 172 Å². The second-order valence-corrected chi connectivity index (χ2v) is 8.63. The monoisotopic (exact) mass is 383 g/mol. The van der Waals surface area contributed by atoms with Crippen molar-refractivity contribution in [3.8, 4) is 12.1 Å². The predicted molar refractivity (Wildman–Crippen MR) is 112 cm³/mol. The minimum absolute atomic E-state index is 0.0556. The Morgan fingerprint density at radius 3 is 2.21 bits per heavy atom. The van der Waals surface area contributed by atoms with Crippen molar-refractivity contribution < 1.29 is 4.74 Å². The van der Waals surface area contributed by atoms with Crippen LogP contribution in [0.5, 0.6) is 0 Å². The van der Waals surface area contributed by atoms with E-state index in [0.29, 0.717) is 0 Å². The third kappa shape index (κ3) is 3.04. The maximum absolute atomic E-state index is 9.46. The summed E-state index contributed by atoms with van der Waals surface area (Å²) in [5, 5.41) is 18.8. The van der Waals surface area contributed by atoms with Gasteiger partial charge < -0.3 is 9.64 Å². The molecule has 4 nitrogen and oxygen atoms in total. The molecule has 3 aliphatic heterocycles. The second kappa shape index (κ2) is 7.12. The zero-order valence-electron chi connectivity index (χ0n) is 16.8. The normalized spacial score (nSPS) is 29.8. The van der Waals surface area contributed by atoms with Crippen LogP contribution in [0.4, 0.5) is 5.69 Å². The van der Waals surface area contributed by atoms with Crippen LogP contribution in [0.15, 0.2) is 41.9 Å². The summed E-state index contributed by atoms with van der Waals surface area (Å²) in [4.78, 5) is 2.56. The molecule has 0 aromatic heterocycles. The SMILES string of the molecule is CC1=CC2C(C#N)C(C#N)C2C=C(/C=C/c2cc3c4c(c2)CCCN4CCC3)O1. The van der Waals surface area contributed by atoms with Crippen LogP contribution in [0.1, 0.15) is 36.5 Å². The van der Waals surface area contributed by atoms with E-state index in [9.17, 15) is 10.5 Å². The van der Waals surface area contributed by atoms with Gasteiger partial charge in [0.2, 0.25) is 0 Å². The van der Waals surface area contributed by atoms with Crippen molar-refractivity contribution in [2.75, 3.05) is 18.0 Å². The van der Waals surface area contributed by atoms with Gasteiger partial charge in [0, 0.05) is 30.6 Å². The highest BCUT2D eigenvalue weighted by Gasteiger charge is 2.50. The van der Waals surface area contributed by atoms with Crippen LogP contribution in [0.3, 0.4) is 0 Å². The van der Waals surface area contributed by atoms with E-state index in [1.807, 2.05) is 25.2 Å². The van der Waals surface area contributed by atoms with Crippen molar-refractivity contribution in [2.45, 2.75) is 32.6 Å². The Balaban J connectivity index is 1.43. The fourth-order valence-corrected chi connectivity index (χ4v) is 5.48. The number of rotatable bonds is 2. The Kier molecular flexibility index (Phi) is 4.44. The van der Waals surface area contributed by atoms with E-state index in [0.717, 1.165) is 24.4 Å². The lowest BCUT2D eigenvalue weighted by atomic mass is 9.57. The van der Waals surface area contributed by atoms with Crippen LogP contribution >= 0.6 is 0 Å². The molecule has 0 radical (unpaired) electrons. The van der Waals surface area contributed by atoms with Gasteiger partial charge in [-0.3, -0.25) is 0 Å². The fourth-order valence-electron chi connectivity index (χ4n) is 5.48. The summed E-state index contributed by atoms with van der Waals surface area (Å²) in [5.74, 6) is 1.23. The molecule has 29 heavy (non-hydrogen) atoms. The zero-order valence-corrected chi connectivity index (χ0v) is 16.8. The van der Waals surface area contributed by atoms with E-state index in [-0.39, 0.29) is 23.7 Å². The number of fused-ring (bicyclic) bond motifs is 1. The van der Waals surface area contributed by atoms with Crippen molar-refractivity contribution >= 4 is 11.8 Å². The Hall–Kier alpha value is -2.98. The van der Waals surface area contributed by atoms with Gasteiger partial charge in [0.25, 0.3) is 0 Å². The molecule has 146 valence electrons. The molecule has 3 heterocycles. The third-order valence-corrected chi connectivity index (χ3v) is 6.82. The maximum Gasteiger partial charge on any atom is 0.123 e. The molecule has 5 rings (SSSR count). The summed E-state index contributed by atoms with van der Waals surface area (Å²) in [5.41, 5.74) is 5.65. The van der Waals surface area contributed by atoms with E-state index >= 15 is 0 Å². The average molecular weight is 383 g/mol. The van der Waals surface area contributed by atoms with Crippen LogP contribution in [0, 0.1) is 46.3 Å². The summed E-state index contributed by atoms with van der Waals surface area (Å²) in [7, 11) is 0. The topological polar surface area (TPSA) is 60.0 Å². The average Bonchev–Trinajstić information content (AvgIpc) is 2.85. The predicted octanol–water partition coefficient (Wildman–Crippen LogP) is 4.74. The van der Waals surface area contributed by atoms with E-state index in [1.165, 1.54) is 48.3 Å². The van der Waals surface area contributed by atoms with Crippen LogP contribution in [-0.2, 0) is 17.6 Å². The highest BCUT2D eigenvalue weighted by Crippen LogP contribution is 2.49. The molecule has 4 aliphatic rings. The van der Waals surface area contributed by atoms with E-state index < -0.39 is 0 Å². The lowest BCUT2D eigenvalue weighted by Crippen LogP contribution is -2.43. The van der Waals surface area contributed by atoms with Gasteiger partial charge in [-0.25, -0.2) is 0 Å². The number of anilines is 1. The van der Waals surface area contributed by atoms with Gasteiger partial charge in [-0.2, -0.15) is 10.5 Å². The number of benzene rings is 1. The first-order valence-electron chi connectivity index (χ1n) is 10.6. The molecule has 4 unspecified atom stereocenters. The van der Waals surface area contributed by atoms with E-state index in [2.05, 4.69) is 35.2 Å². The van der Waals surface area contributed by atoms with Crippen molar-refractivity contribution in [3.63, 3.8) is 0 Å². The number of hydrogen-bond acceptors (Lipinski definition) is 4. The summed E-state index contributed by atoms with van der Waals surface area (Å²) in [6.45, 7) is 4.30. The standard InChI is InChI=1S/C25H25N3O/c1-16-10-21-22(24(15-27)23(21)14-26)13-20(29-16)7-6-17-11-18-4-2-8-28-9-3-5-19(12-17)25(18)28/h6-7,10-13,21-24H,2-5,8-9H2,1H3/b7-6+. The number of hydrogen-bond donors (Lipinski definition) is 0. The Morgan fingerprint density at radius 2 is 1.59 bits per heavy atom. The molecular formula is C25H25N3O. The maximum atomic E-state index is 9.46. The lowest BCUT2D eigenvalue weighted by Gasteiger charge is -2.41. The quantitative estimate of drug-likeness (QED) is 0.740. The molecule has 1 fully saturated rings. The number of nitrogens with zero attached hydrogens (tertiary/aromatic N) is 3. The first kappa shape index (κ1) is 18.1. The zero-order chi connectivity index (χ0) is 20.0. The molecule has 4 atom stereocenters. The molecule has 1 aromatic carbocycles. The van der Waals surface area contributed by atoms with Crippen LogP contribution in [0.2, 0.25) is 0 Å². The van der Waals surface area contributed by atoms with Gasteiger partial charge in [0.1, 0.15) is 5.76 Å². The number of aryl methyl sites for hydroxylation is 2. The molecule has 0 saturated heterocycles.